The van der Waals surface area contributed by atoms with Gasteiger partial charge in [0.1, 0.15) is 73.1 Å². The molecule has 40 nitrogen and oxygen atoms in total. The Morgan fingerprint density at radius 3 is 1.00 bits per heavy atom. The number of amides is 6. The van der Waals surface area contributed by atoms with E-state index in [1.54, 1.807) is 0 Å². The van der Waals surface area contributed by atoms with Crippen LogP contribution in [0.1, 0.15) is 105 Å². The molecule has 0 aromatic heterocycles. The van der Waals surface area contributed by atoms with E-state index in [4.69, 9.17) is 51.0 Å². The van der Waals surface area contributed by atoms with Crippen LogP contribution in [0.5, 0.6) is 0 Å². The van der Waals surface area contributed by atoms with Crippen LogP contribution in [-0.2, 0) is 98.0 Å². The number of nitrogens with one attached hydrogen (secondary N) is 3. The Morgan fingerprint density at radius 1 is 0.444 bits per heavy atom. The highest BCUT2D eigenvalue weighted by atomic mass is 31.2. The molecule has 574 valence electrons. The fourth-order valence-corrected chi connectivity index (χ4v) is 14.7. The van der Waals surface area contributed by atoms with Gasteiger partial charge in [-0.05, 0) is 57.8 Å². The Balaban J connectivity index is 0.0000177. The van der Waals surface area contributed by atoms with Crippen molar-refractivity contribution in [2.75, 3.05) is 86.2 Å². The Morgan fingerprint density at radius 2 is 0.727 bits per heavy atom. The molecule has 0 radical (unpaired) electrons. The third-order valence-corrected chi connectivity index (χ3v) is 20.2. The fourth-order valence-electron chi connectivity index (χ4n) is 12.3. The minimum Gasteiger partial charge on any atom is -0.756 e. The zero-order chi connectivity index (χ0) is 72.4. The molecule has 9 unspecified atom stereocenters. The first-order valence-corrected chi connectivity index (χ1v) is 36.5. The summed E-state index contributed by atoms with van der Waals surface area (Å²) in [6.07, 6.45) is -21.7. The number of ether oxygens (including phenoxy) is 6. The second-order valence-electron chi connectivity index (χ2n) is 24.6. The fraction of sp³-hybridized carbons (Fsp3) is 0.893. The number of carbonyl (C=O) groups is 6. The standard InChI is InChI=1S/C55H97N6O34P3.CH4/c1-29(66)56-44-50(75)47(72)38(24-63)90-53(44)85-14-8-5-11-41(69)59-20-35(17-32(59)23-62)94-97(80,81)88-28-34-19-37(22-61(34)43(71)13-7-10-16-87-55-46(58-31(3)68)52(77)49(74)40(26-65)92-55)95-98(82,83)89-27-33-18-36(93-96(78,79)84-4)21-60(33)42(70)12-6-9-15-86-54-45(57-30(2)67)51(76)48(73)39(25-64)91-54;/h32-40,44-55,62-65,72-77H,5-28H2,1-4H3,(H,56,66)(H,57,67)(H,58,68)(H,78,79)(H,80,81)(H,82,83);1H4/p-3/t32-,33-,34-,35+,36+,37+,38?,39?,40?,44?,45?,46?,47-,48-,49-,50+,51+,52+,53+,54+,55+;/m0./s1. The summed E-state index contributed by atoms with van der Waals surface area (Å²) in [5.74, 6) is -3.53. The maximum absolute atomic E-state index is 14.0. The van der Waals surface area contributed by atoms with E-state index in [1.807, 2.05) is 0 Å². The number of unbranched alkanes of at least 4 members (excludes halogenated alkanes) is 3. The van der Waals surface area contributed by atoms with Crippen LogP contribution in [0.15, 0.2) is 0 Å². The monoisotopic (exact) mass is 1490 g/mol. The van der Waals surface area contributed by atoms with Crippen LogP contribution in [0, 0.1) is 0 Å². The Hall–Kier alpha value is -3.49. The molecule has 0 aromatic carbocycles. The van der Waals surface area contributed by atoms with Gasteiger partial charge >= 0.3 is 0 Å². The third kappa shape index (κ3) is 25.4. The van der Waals surface area contributed by atoms with E-state index < -0.39 is 240 Å². The van der Waals surface area contributed by atoms with E-state index in [2.05, 4.69) is 20.5 Å². The van der Waals surface area contributed by atoms with Crippen molar-refractivity contribution < 1.29 is 164 Å². The first kappa shape index (κ1) is 86.2. The molecule has 13 N–H and O–H groups in total. The third-order valence-electron chi connectivity index (χ3n) is 17.2. The molecular weight excluding hydrogens is 1390 g/mol. The van der Waals surface area contributed by atoms with Gasteiger partial charge in [0.2, 0.25) is 35.4 Å². The molecular formula is C56H98N6O34P3-3. The van der Waals surface area contributed by atoms with Gasteiger partial charge < -0.3 is 152 Å². The first-order valence-electron chi connectivity index (χ1n) is 32.1. The lowest BCUT2D eigenvalue weighted by atomic mass is 9.97. The number of hydrogen-bond acceptors (Lipinski definition) is 34. The lowest BCUT2D eigenvalue weighted by molar-refractivity contribution is -0.270. The summed E-state index contributed by atoms with van der Waals surface area (Å²) in [6.45, 7) is -2.38. The van der Waals surface area contributed by atoms with Crippen molar-refractivity contribution in [1.29, 1.82) is 0 Å². The van der Waals surface area contributed by atoms with Crippen LogP contribution < -0.4 is 30.6 Å². The highest BCUT2D eigenvalue weighted by Crippen LogP contribution is 2.47. The quantitative estimate of drug-likeness (QED) is 0.0202. The van der Waals surface area contributed by atoms with Crippen molar-refractivity contribution in [3.05, 3.63) is 0 Å². The van der Waals surface area contributed by atoms with Gasteiger partial charge in [0.15, 0.2) is 18.9 Å². The van der Waals surface area contributed by atoms with Crippen molar-refractivity contribution in [1.82, 2.24) is 30.7 Å². The summed E-state index contributed by atoms with van der Waals surface area (Å²) in [5, 5.41) is 109. The van der Waals surface area contributed by atoms with Gasteiger partial charge in [0.25, 0.3) is 23.5 Å². The SMILES string of the molecule is C.COP(=O)([O-])O[C@@H]1C[C@@H](COP(=O)([O-])O[C@@H]2C[C@@H](COP(=O)([O-])O[C@@H]3C[C@@H](CO)N(C(=O)CCCCO[C@@H]4OC(CO)[C@H](O)[C@H](O)C4NC(C)=O)C3)N(C(=O)CCCCO[C@@H]3OC(CO)[C@H](O)[C@H](O)C3NC(C)=O)C2)N(C(=O)CCCCO[C@@H]2OC(CO)[C@H](O)[C@H](O)C2NC(C)=O)C1. The molecule has 0 saturated carbocycles. The highest BCUT2D eigenvalue weighted by molar-refractivity contribution is 7.46. The van der Waals surface area contributed by atoms with Crippen molar-refractivity contribution in [2.45, 2.75) is 234 Å². The Bertz CT molecular complexity index is 2740. The second-order valence-corrected chi connectivity index (χ2v) is 28.8. The van der Waals surface area contributed by atoms with Gasteiger partial charge in [0, 0.05) is 86.6 Å². The predicted octanol–water partition coefficient (Wildman–Crippen LogP) is -6.95. The number of likely N-dealkylation sites (tertiary alicyclic amines) is 3. The summed E-state index contributed by atoms with van der Waals surface area (Å²) in [5.41, 5.74) is 0. The number of aliphatic hydroxyl groups is 10. The van der Waals surface area contributed by atoms with Crippen LogP contribution in [0.4, 0.5) is 0 Å². The highest BCUT2D eigenvalue weighted by Gasteiger charge is 2.49. The number of aliphatic hydroxyl groups excluding tert-OH is 10. The maximum Gasteiger partial charge on any atom is 0.268 e. The van der Waals surface area contributed by atoms with Crippen molar-refractivity contribution >= 4 is 58.9 Å². The first-order chi connectivity index (χ1) is 46.2. The smallest absolute Gasteiger partial charge is 0.268 e. The van der Waals surface area contributed by atoms with Crippen LogP contribution >= 0.6 is 23.5 Å². The van der Waals surface area contributed by atoms with E-state index in [9.17, 15) is 108 Å². The average Bonchev–Trinajstić information content (AvgIpc) is 1.81. The largest absolute Gasteiger partial charge is 0.756 e. The number of phosphoric ester groups is 3. The summed E-state index contributed by atoms with van der Waals surface area (Å²) in [4.78, 5) is 120. The molecule has 0 aromatic rings. The van der Waals surface area contributed by atoms with Crippen LogP contribution in [0.3, 0.4) is 0 Å². The van der Waals surface area contributed by atoms with E-state index in [0.29, 0.717) is 0 Å². The molecule has 24 atom stereocenters. The molecule has 6 aliphatic rings. The van der Waals surface area contributed by atoms with Gasteiger partial charge in [-0.25, -0.2) is 0 Å². The second kappa shape index (κ2) is 40.1. The molecule has 6 rings (SSSR count). The number of rotatable bonds is 38. The molecule has 6 heterocycles. The van der Waals surface area contributed by atoms with Gasteiger partial charge in [-0.1, -0.05) is 7.43 Å². The van der Waals surface area contributed by atoms with Crippen molar-refractivity contribution in [3.8, 4) is 0 Å². The topological polar surface area (TPSA) is 582 Å². The number of carbonyl (C=O) groups excluding carboxylic acids is 6. The van der Waals surface area contributed by atoms with Crippen LogP contribution in [0.25, 0.3) is 0 Å². The van der Waals surface area contributed by atoms with Gasteiger partial charge in [-0.3, -0.25) is 42.5 Å². The van der Waals surface area contributed by atoms with Gasteiger partial charge in [0.05, 0.1) is 76.1 Å². The number of nitrogens with zero attached hydrogens (tertiary/aromatic N) is 3. The minimum atomic E-state index is -5.47. The molecule has 6 amide bonds. The lowest BCUT2D eigenvalue weighted by Gasteiger charge is -2.42. The molecule has 43 heteroatoms. The maximum atomic E-state index is 14.0. The van der Waals surface area contributed by atoms with E-state index >= 15 is 0 Å². The number of hydrogen-bond donors (Lipinski definition) is 13. The van der Waals surface area contributed by atoms with Crippen molar-refractivity contribution in [2.24, 2.45) is 0 Å². The molecule has 6 aliphatic heterocycles. The predicted molar refractivity (Wildman–Crippen MR) is 326 cm³/mol. The zero-order valence-electron chi connectivity index (χ0n) is 54.5. The summed E-state index contributed by atoms with van der Waals surface area (Å²) in [7, 11) is -14.9. The minimum absolute atomic E-state index is 0. The van der Waals surface area contributed by atoms with Crippen LogP contribution in [-0.4, -0.2) is 316 Å². The molecule has 0 aliphatic carbocycles. The molecule has 0 bridgehead atoms. The van der Waals surface area contributed by atoms with E-state index in [0.717, 1.165) is 30.8 Å². The summed E-state index contributed by atoms with van der Waals surface area (Å²) in [6, 6.07) is -6.98. The molecule has 6 fully saturated rings. The number of phosphoric acid groups is 3. The van der Waals surface area contributed by atoms with Gasteiger partial charge in [-0.2, -0.15) is 0 Å². The summed E-state index contributed by atoms with van der Waals surface area (Å²) >= 11 is 0. The molecule has 0 spiro atoms. The Labute approximate surface area is 571 Å². The van der Waals surface area contributed by atoms with Gasteiger partial charge in [-0.15, -0.1) is 0 Å². The van der Waals surface area contributed by atoms with E-state index in [1.165, 1.54) is 11.8 Å². The van der Waals surface area contributed by atoms with Crippen molar-refractivity contribution in [3.63, 3.8) is 0 Å². The normalized spacial score (nSPS) is 34.4. The average molecular weight is 1490 g/mol. The Kier molecular flexibility index (Phi) is 34.9. The molecule has 99 heavy (non-hydrogen) atoms. The van der Waals surface area contributed by atoms with Crippen LogP contribution in [0.2, 0.25) is 0 Å². The van der Waals surface area contributed by atoms with E-state index in [-0.39, 0.29) is 111 Å². The lowest BCUT2D eigenvalue weighted by Crippen LogP contribution is -2.64. The summed E-state index contributed by atoms with van der Waals surface area (Å²) < 4.78 is 104. The molecule has 6 saturated heterocycles. The zero-order valence-corrected chi connectivity index (χ0v) is 57.2.